The van der Waals surface area contributed by atoms with Crippen LogP contribution >= 0.6 is 0 Å². The number of benzene rings is 1. The quantitative estimate of drug-likeness (QED) is 0.854. The SMILES string of the molecule is O=C(Nc1ccc2c(c1)CN(S(=O)(=O)N1CCCCC1)CC2)c1ccncc1. The lowest BCUT2D eigenvalue weighted by Crippen LogP contribution is -2.47. The maximum Gasteiger partial charge on any atom is 0.282 e. The van der Waals surface area contributed by atoms with Crippen LogP contribution in [-0.2, 0) is 23.2 Å². The number of rotatable bonds is 4. The van der Waals surface area contributed by atoms with Crippen molar-refractivity contribution < 1.29 is 13.2 Å². The van der Waals surface area contributed by atoms with Gasteiger partial charge in [0.15, 0.2) is 0 Å². The molecule has 7 nitrogen and oxygen atoms in total. The zero-order valence-corrected chi connectivity index (χ0v) is 16.5. The monoisotopic (exact) mass is 400 g/mol. The summed E-state index contributed by atoms with van der Waals surface area (Å²) in [6.07, 6.45) is 6.77. The Morgan fingerprint density at radius 3 is 2.43 bits per heavy atom. The van der Waals surface area contributed by atoms with Crippen LogP contribution in [0.25, 0.3) is 0 Å². The van der Waals surface area contributed by atoms with Crippen molar-refractivity contribution in [1.29, 1.82) is 0 Å². The largest absolute Gasteiger partial charge is 0.322 e. The third-order valence-electron chi connectivity index (χ3n) is 5.35. The fourth-order valence-electron chi connectivity index (χ4n) is 3.77. The standard InChI is InChI=1S/C20H24N4O3S/c25-20(17-6-9-21-10-7-17)22-19-5-4-16-8-13-24(15-18(16)14-19)28(26,27)23-11-2-1-3-12-23/h4-7,9-10,14H,1-3,8,11-13,15H2,(H,22,25). The molecule has 2 aliphatic rings. The lowest BCUT2D eigenvalue weighted by Gasteiger charge is -2.34. The van der Waals surface area contributed by atoms with Gasteiger partial charge in [0.25, 0.3) is 16.1 Å². The highest BCUT2D eigenvalue weighted by molar-refractivity contribution is 7.86. The number of anilines is 1. The Morgan fingerprint density at radius 1 is 0.929 bits per heavy atom. The van der Waals surface area contributed by atoms with Gasteiger partial charge < -0.3 is 5.32 Å². The van der Waals surface area contributed by atoms with E-state index >= 15 is 0 Å². The average Bonchev–Trinajstić information content (AvgIpc) is 2.74. The van der Waals surface area contributed by atoms with Gasteiger partial charge in [0.2, 0.25) is 0 Å². The summed E-state index contributed by atoms with van der Waals surface area (Å²) in [7, 11) is -3.43. The Kier molecular flexibility index (Phi) is 5.43. The Balaban J connectivity index is 1.50. The Labute approximate surface area is 165 Å². The molecule has 2 aliphatic heterocycles. The van der Waals surface area contributed by atoms with Crippen molar-refractivity contribution in [1.82, 2.24) is 13.6 Å². The molecule has 3 heterocycles. The molecule has 1 aromatic carbocycles. The van der Waals surface area contributed by atoms with E-state index in [-0.39, 0.29) is 5.91 Å². The fraction of sp³-hybridized carbons (Fsp3) is 0.400. The summed E-state index contributed by atoms with van der Waals surface area (Å²) in [5, 5.41) is 2.88. The first-order valence-electron chi connectivity index (χ1n) is 9.62. The zero-order valence-electron chi connectivity index (χ0n) is 15.7. The molecule has 4 rings (SSSR count). The maximum absolute atomic E-state index is 13.0. The number of fused-ring (bicyclic) bond motifs is 1. The van der Waals surface area contributed by atoms with Crippen molar-refractivity contribution in [2.45, 2.75) is 32.2 Å². The predicted molar refractivity (Wildman–Crippen MR) is 107 cm³/mol. The van der Waals surface area contributed by atoms with Gasteiger partial charge in [-0.2, -0.15) is 17.0 Å². The summed E-state index contributed by atoms with van der Waals surface area (Å²) in [6, 6.07) is 9.03. The van der Waals surface area contributed by atoms with Crippen LogP contribution in [0.15, 0.2) is 42.7 Å². The van der Waals surface area contributed by atoms with Gasteiger partial charge in [-0.25, -0.2) is 0 Å². The van der Waals surface area contributed by atoms with Gasteiger partial charge >= 0.3 is 0 Å². The van der Waals surface area contributed by atoms with Crippen molar-refractivity contribution in [3.05, 3.63) is 59.4 Å². The molecule has 0 saturated carbocycles. The van der Waals surface area contributed by atoms with Gasteiger partial charge in [-0.15, -0.1) is 0 Å². The van der Waals surface area contributed by atoms with E-state index in [2.05, 4.69) is 10.3 Å². The number of piperidine rings is 1. The van der Waals surface area contributed by atoms with Crippen LogP contribution in [0.3, 0.4) is 0 Å². The second-order valence-electron chi connectivity index (χ2n) is 7.22. The number of nitrogens with one attached hydrogen (secondary N) is 1. The Hall–Kier alpha value is -2.29. The van der Waals surface area contributed by atoms with Gasteiger partial charge in [0, 0.05) is 49.8 Å². The van der Waals surface area contributed by atoms with Crippen molar-refractivity contribution in [2.24, 2.45) is 0 Å². The number of carbonyl (C=O) groups excluding carboxylic acids is 1. The molecular weight excluding hydrogens is 376 g/mol. The summed E-state index contributed by atoms with van der Waals surface area (Å²) in [5.41, 5.74) is 3.27. The summed E-state index contributed by atoms with van der Waals surface area (Å²) >= 11 is 0. The van der Waals surface area contributed by atoms with Crippen molar-refractivity contribution >= 4 is 21.8 Å². The van der Waals surface area contributed by atoms with E-state index < -0.39 is 10.2 Å². The van der Waals surface area contributed by atoms with Crippen LogP contribution in [0, 0.1) is 0 Å². The molecule has 0 spiro atoms. The van der Waals surface area contributed by atoms with E-state index in [1.165, 1.54) is 0 Å². The van der Waals surface area contributed by atoms with E-state index in [9.17, 15) is 13.2 Å². The highest BCUT2D eigenvalue weighted by Crippen LogP contribution is 2.27. The summed E-state index contributed by atoms with van der Waals surface area (Å²) < 4.78 is 29.1. The maximum atomic E-state index is 13.0. The number of nitrogens with zero attached hydrogens (tertiary/aromatic N) is 3. The van der Waals surface area contributed by atoms with E-state index in [1.807, 2.05) is 18.2 Å². The first-order valence-corrected chi connectivity index (χ1v) is 11.0. The van der Waals surface area contributed by atoms with Crippen LogP contribution in [0.1, 0.15) is 40.7 Å². The molecule has 2 aromatic rings. The number of pyridine rings is 1. The molecule has 148 valence electrons. The van der Waals surface area contributed by atoms with Gasteiger partial charge in [-0.1, -0.05) is 12.5 Å². The number of hydrogen-bond donors (Lipinski definition) is 1. The molecule has 1 fully saturated rings. The van der Waals surface area contributed by atoms with Gasteiger partial charge in [0.1, 0.15) is 0 Å². The molecule has 1 saturated heterocycles. The third-order valence-corrected chi connectivity index (χ3v) is 7.33. The molecule has 0 bridgehead atoms. The molecule has 0 aliphatic carbocycles. The topological polar surface area (TPSA) is 82.6 Å². The van der Waals surface area contributed by atoms with Gasteiger partial charge in [0.05, 0.1) is 0 Å². The second-order valence-corrected chi connectivity index (χ2v) is 9.15. The van der Waals surface area contributed by atoms with Crippen molar-refractivity contribution in [3.63, 3.8) is 0 Å². The zero-order chi connectivity index (χ0) is 19.6. The molecule has 28 heavy (non-hydrogen) atoms. The number of amides is 1. The minimum atomic E-state index is -3.43. The lowest BCUT2D eigenvalue weighted by atomic mass is 10.0. The molecule has 1 N–H and O–H groups in total. The predicted octanol–water partition coefficient (Wildman–Crippen LogP) is 2.42. The van der Waals surface area contributed by atoms with E-state index in [1.54, 1.807) is 33.1 Å². The normalized spacial score (nSPS) is 18.4. The number of carbonyl (C=O) groups is 1. The first-order chi connectivity index (χ1) is 13.5. The summed E-state index contributed by atoms with van der Waals surface area (Å²) in [4.78, 5) is 16.3. The number of aromatic nitrogens is 1. The molecule has 8 heteroatoms. The van der Waals surface area contributed by atoms with Crippen LogP contribution in [0.4, 0.5) is 5.69 Å². The molecular formula is C20H24N4O3S. The van der Waals surface area contributed by atoms with E-state index in [0.29, 0.717) is 43.9 Å². The molecule has 0 radical (unpaired) electrons. The van der Waals surface area contributed by atoms with Gasteiger partial charge in [-0.05, 0) is 54.7 Å². The van der Waals surface area contributed by atoms with Crippen LogP contribution in [0.5, 0.6) is 0 Å². The van der Waals surface area contributed by atoms with Crippen molar-refractivity contribution in [2.75, 3.05) is 25.0 Å². The molecule has 0 unspecified atom stereocenters. The third kappa shape index (κ3) is 3.94. The number of hydrogen-bond acceptors (Lipinski definition) is 4. The second kappa shape index (κ2) is 7.98. The van der Waals surface area contributed by atoms with Crippen LogP contribution in [-0.4, -0.2) is 47.6 Å². The van der Waals surface area contributed by atoms with Crippen LogP contribution < -0.4 is 5.32 Å². The average molecular weight is 401 g/mol. The molecule has 1 aromatic heterocycles. The first kappa shape index (κ1) is 19.0. The van der Waals surface area contributed by atoms with Crippen molar-refractivity contribution in [3.8, 4) is 0 Å². The minimum absolute atomic E-state index is 0.212. The lowest BCUT2D eigenvalue weighted by molar-refractivity contribution is 0.102. The molecule has 1 amide bonds. The van der Waals surface area contributed by atoms with E-state index in [0.717, 1.165) is 30.4 Å². The Morgan fingerprint density at radius 2 is 1.68 bits per heavy atom. The van der Waals surface area contributed by atoms with Crippen LogP contribution in [0.2, 0.25) is 0 Å². The Bertz CT molecular complexity index is 957. The molecule has 0 atom stereocenters. The van der Waals surface area contributed by atoms with Gasteiger partial charge in [-0.3, -0.25) is 9.78 Å². The fourth-order valence-corrected chi connectivity index (χ4v) is 5.44. The highest BCUT2D eigenvalue weighted by atomic mass is 32.2. The minimum Gasteiger partial charge on any atom is -0.322 e. The summed E-state index contributed by atoms with van der Waals surface area (Å²) in [5.74, 6) is -0.212. The smallest absolute Gasteiger partial charge is 0.282 e. The summed E-state index contributed by atoms with van der Waals surface area (Å²) in [6.45, 7) is 2.04. The highest BCUT2D eigenvalue weighted by Gasteiger charge is 2.32. The van der Waals surface area contributed by atoms with E-state index in [4.69, 9.17) is 0 Å².